The molecule has 23 heavy (non-hydrogen) atoms. The van der Waals surface area contributed by atoms with Gasteiger partial charge in [0.05, 0.1) is 0 Å². The van der Waals surface area contributed by atoms with E-state index < -0.39 is 0 Å². The molecule has 1 aliphatic heterocycles. The minimum atomic E-state index is -0.234. The maximum Gasteiger partial charge on any atom is 0.242 e. The highest BCUT2D eigenvalue weighted by Crippen LogP contribution is 2.24. The van der Waals surface area contributed by atoms with Gasteiger partial charge in [0.1, 0.15) is 6.04 Å². The zero-order valence-electron chi connectivity index (χ0n) is 13.8. The lowest BCUT2D eigenvalue weighted by Crippen LogP contribution is -2.39. The quantitative estimate of drug-likeness (QED) is 0.816. The molecule has 1 amide bonds. The summed E-state index contributed by atoms with van der Waals surface area (Å²) in [6.45, 7) is 6.13. The Kier molecular flexibility index (Phi) is 4.46. The van der Waals surface area contributed by atoms with Gasteiger partial charge in [0.25, 0.3) is 0 Å². The van der Waals surface area contributed by atoms with Crippen LogP contribution in [0.15, 0.2) is 42.5 Å². The van der Waals surface area contributed by atoms with Gasteiger partial charge < -0.3 is 5.32 Å². The van der Waals surface area contributed by atoms with Crippen LogP contribution in [0.5, 0.6) is 0 Å². The Morgan fingerprint density at radius 3 is 2.39 bits per heavy atom. The lowest BCUT2D eigenvalue weighted by Gasteiger charge is -2.13. The highest BCUT2D eigenvalue weighted by molar-refractivity contribution is 5.95. The first-order valence-corrected chi connectivity index (χ1v) is 7.98. The maximum absolute atomic E-state index is 12.5. The molecule has 1 heterocycles. The fraction of sp³-hybridized carbons (Fsp3) is 0.316. The van der Waals surface area contributed by atoms with Gasteiger partial charge in [0, 0.05) is 11.7 Å². The topological polar surface area (TPSA) is 53.2 Å². The predicted octanol–water partition coefficient (Wildman–Crippen LogP) is 3.16. The molecule has 3 N–H and O–H groups in total. The third kappa shape index (κ3) is 3.60. The standard InChI is InChI=1S/C19H23N3O/c1-12-4-7-15(8-5-12)17-11-18(22-21-17)19(23)20-16-9-6-13(2)10-14(16)3/h4-10,17-18,21-22H,11H2,1-3H3,(H,20,23). The van der Waals surface area contributed by atoms with E-state index in [1.54, 1.807) is 0 Å². The average molecular weight is 309 g/mol. The number of aryl methyl sites for hydroxylation is 3. The molecule has 2 atom stereocenters. The minimum absolute atomic E-state index is 0.000866. The van der Waals surface area contributed by atoms with Gasteiger partial charge in [-0.1, -0.05) is 47.5 Å². The molecule has 1 aliphatic rings. The summed E-state index contributed by atoms with van der Waals surface area (Å²) >= 11 is 0. The summed E-state index contributed by atoms with van der Waals surface area (Å²) in [6, 6.07) is 14.4. The fourth-order valence-electron chi connectivity index (χ4n) is 2.92. The Bertz CT molecular complexity index is 709. The number of carbonyl (C=O) groups is 1. The summed E-state index contributed by atoms with van der Waals surface area (Å²) in [5.74, 6) is -0.000866. The largest absolute Gasteiger partial charge is 0.324 e. The molecule has 0 aliphatic carbocycles. The lowest BCUT2D eigenvalue weighted by molar-refractivity contribution is -0.117. The molecule has 0 aromatic heterocycles. The van der Waals surface area contributed by atoms with E-state index in [-0.39, 0.29) is 18.0 Å². The van der Waals surface area contributed by atoms with Crippen LogP contribution < -0.4 is 16.2 Å². The van der Waals surface area contributed by atoms with Crippen molar-refractivity contribution in [3.8, 4) is 0 Å². The molecular weight excluding hydrogens is 286 g/mol. The van der Waals surface area contributed by atoms with E-state index in [4.69, 9.17) is 0 Å². The minimum Gasteiger partial charge on any atom is -0.324 e. The summed E-state index contributed by atoms with van der Waals surface area (Å²) in [5, 5.41) is 3.02. The summed E-state index contributed by atoms with van der Waals surface area (Å²) < 4.78 is 0. The monoisotopic (exact) mass is 309 g/mol. The van der Waals surface area contributed by atoms with Crippen molar-refractivity contribution in [2.24, 2.45) is 0 Å². The molecule has 0 bridgehead atoms. The van der Waals surface area contributed by atoms with Gasteiger partial charge in [-0.3, -0.25) is 4.79 Å². The summed E-state index contributed by atoms with van der Waals surface area (Å²) in [5.41, 5.74) is 11.9. The van der Waals surface area contributed by atoms with E-state index in [1.165, 1.54) is 16.7 Å². The van der Waals surface area contributed by atoms with Crippen LogP contribution in [-0.4, -0.2) is 11.9 Å². The molecule has 2 unspecified atom stereocenters. The van der Waals surface area contributed by atoms with Crippen molar-refractivity contribution in [2.45, 2.75) is 39.3 Å². The van der Waals surface area contributed by atoms with E-state index >= 15 is 0 Å². The van der Waals surface area contributed by atoms with Crippen LogP contribution in [0.1, 0.15) is 34.7 Å². The molecule has 1 fully saturated rings. The van der Waals surface area contributed by atoms with Gasteiger partial charge in [-0.15, -0.1) is 0 Å². The SMILES string of the molecule is Cc1ccc(C2CC(C(=O)Nc3ccc(C)cc3C)NN2)cc1. The molecule has 0 spiro atoms. The van der Waals surface area contributed by atoms with Gasteiger partial charge in [-0.2, -0.15) is 0 Å². The first-order chi connectivity index (χ1) is 11.0. The van der Waals surface area contributed by atoms with E-state index in [9.17, 15) is 4.79 Å². The molecule has 4 heteroatoms. The van der Waals surface area contributed by atoms with Crippen molar-refractivity contribution in [1.29, 1.82) is 0 Å². The second-order valence-electron chi connectivity index (χ2n) is 6.35. The zero-order chi connectivity index (χ0) is 16.4. The fourth-order valence-corrected chi connectivity index (χ4v) is 2.92. The van der Waals surface area contributed by atoms with E-state index in [1.807, 2.05) is 26.0 Å². The highest BCUT2D eigenvalue weighted by atomic mass is 16.2. The third-order valence-corrected chi connectivity index (χ3v) is 4.34. The van der Waals surface area contributed by atoms with E-state index in [2.05, 4.69) is 53.4 Å². The number of anilines is 1. The Morgan fingerprint density at radius 1 is 1.00 bits per heavy atom. The number of rotatable bonds is 3. The van der Waals surface area contributed by atoms with Gasteiger partial charge in [0.15, 0.2) is 0 Å². The summed E-state index contributed by atoms with van der Waals surface area (Å²) in [4.78, 5) is 12.5. The maximum atomic E-state index is 12.5. The number of nitrogens with one attached hydrogen (secondary N) is 3. The predicted molar refractivity (Wildman–Crippen MR) is 93.1 cm³/mol. The van der Waals surface area contributed by atoms with Crippen LogP contribution in [0.2, 0.25) is 0 Å². The number of hydrogen-bond acceptors (Lipinski definition) is 3. The molecule has 2 aromatic carbocycles. The molecule has 2 aromatic rings. The van der Waals surface area contributed by atoms with Crippen molar-refractivity contribution in [3.05, 3.63) is 64.7 Å². The summed E-state index contributed by atoms with van der Waals surface area (Å²) in [6.07, 6.45) is 0.736. The molecule has 1 saturated heterocycles. The normalized spacial score (nSPS) is 20.5. The van der Waals surface area contributed by atoms with Crippen molar-refractivity contribution in [3.63, 3.8) is 0 Å². The van der Waals surface area contributed by atoms with Crippen molar-refractivity contribution in [1.82, 2.24) is 10.9 Å². The first kappa shape index (κ1) is 15.7. The van der Waals surface area contributed by atoms with Gasteiger partial charge in [-0.25, -0.2) is 10.9 Å². The van der Waals surface area contributed by atoms with Crippen molar-refractivity contribution >= 4 is 11.6 Å². The Labute approximate surface area is 137 Å². The highest BCUT2D eigenvalue weighted by Gasteiger charge is 2.30. The van der Waals surface area contributed by atoms with Gasteiger partial charge in [0.2, 0.25) is 5.91 Å². The average Bonchev–Trinajstić information content (AvgIpc) is 3.01. The first-order valence-electron chi connectivity index (χ1n) is 7.98. The number of benzene rings is 2. The van der Waals surface area contributed by atoms with Crippen LogP contribution in [0.3, 0.4) is 0 Å². The number of carbonyl (C=O) groups excluding carboxylic acids is 1. The second-order valence-corrected chi connectivity index (χ2v) is 6.35. The smallest absolute Gasteiger partial charge is 0.242 e. The van der Waals surface area contributed by atoms with Crippen LogP contribution >= 0.6 is 0 Å². The van der Waals surface area contributed by atoms with Crippen molar-refractivity contribution < 1.29 is 4.79 Å². The number of hydrazine groups is 1. The third-order valence-electron chi connectivity index (χ3n) is 4.34. The van der Waals surface area contributed by atoms with Crippen LogP contribution in [0.4, 0.5) is 5.69 Å². The van der Waals surface area contributed by atoms with E-state index in [0.29, 0.717) is 0 Å². The molecule has 0 saturated carbocycles. The second kappa shape index (κ2) is 6.52. The van der Waals surface area contributed by atoms with Crippen molar-refractivity contribution in [2.75, 3.05) is 5.32 Å². The number of hydrogen-bond donors (Lipinski definition) is 3. The number of amides is 1. The van der Waals surface area contributed by atoms with Crippen LogP contribution in [0, 0.1) is 20.8 Å². The van der Waals surface area contributed by atoms with E-state index in [0.717, 1.165) is 17.7 Å². The Balaban J connectivity index is 1.64. The molecule has 3 rings (SSSR count). The van der Waals surface area contributed by atoms with Crippen LogP contribution in [0.25, 0.3) is 0 Å². The lowest BCUT2D eigenvalue weighted by atomic mass is 10.0. The summed E-state index contributed by atoms with van der Waals surface area (Å²) in [7, 11) is 0. The zero-order valence-corrected chi connectivity index (χ0v) is 13.8. The van der Waals surface area contributed by atoms with Gasteiger partial charge in [-0.05, 0) is 44.4 Å². The molecule has 0 radical (unpaired) electrons. The molecular formula is C19H23N3O. The molecule has 4 nitrogen and oxygen atoms in total. The molecule has 120 valence electrons. The Morgan fingerprint density at radius 2 is 1.70 bits per heavy atom. The van der Waals surface area contributed by atoms with Gasteiger partial charge >= 0.3 is 0 Å². The van der Waals surface area contributed by atoms with Crippen LogP contribution in [-0.2, 0) is 4.79 Å². The Hall–Kier alpha value is -2.17.